The summed E-state index contributed by atoms with van der Waals surface area (Å²) in [5.41, 5.74) is 5.57. The average molecular weight is 254 g/mol. The van der Waals surface area contributed by atoms with Gasteiger partial charge < -0.3 is 11.1 Å². The minimum absolute atomic E-state index is 0.185. The van der Waals surface area contributed by atoms with Crippen LogP contribution >= 0.6 is 0 Å². The normalized spacial score (nSPS) is 15.7. The first-order valence-corrected chi connectivity index (χ1v) is 7.67. The van der Waals surface area contributed by atoms with E-state index in [0.717, 1.165) is 44.6 Å². The molecule has 18 heavy (non-hydrogen) atoms. The summed E-state index contributed by atoms with van der Waals surface area (Å²) < 4.78 is 0. The molecule has 0 bridgehead atoms. The Morgan fingerprint density at radius 2 is 1.89 bits per heavy atom. The lowest BCUT2D eigenvalue weighted by Gasteiger charge is -2.30. The minimum Gasteiger partial charge on any atom is -0.356 e. The second kappa shape index (κ2) is 7.78. The Labute approximate surface area is 112 Å². The van der Waals surface area contributed by atoms with Crippen LogP contribution in [0.1, 0.15) is 65.2 Å². The molecule has 1 amide bonds. The fourth-order valence-corrected chi connectivity index (χ4v) is 2.79. The van der Waals surface area contributed by atoms with Crippen molar-refractivity contribution in [2.45, 2.75) is 65.2 Å². The third-order valence-electron chi connectivity index (χ3n) is 4.10. The molecular formula is C15H30N2O. The largest absolute Gasteiger partial charge is 0.356 e. The van der Waals surface area contributed by atoms with Crippen molar-refractivity contribution in [2.75, 3.05) is 13.1 Å². The van der Waals surface area contributed by atoms with Gasteiger partial charge in [-0.05, 0) is 31.6 Å². The van der Waals surface area contributed by atoms with Gasteiger partial charge >= 0.3 is 0 Å². The van der Waals surface area contributed by atoms with Gasteiger partial charge in [0.15, 0.2) is 0 Å². The molecule has 0 atom stereocenters. The zero-order valence-corrected chi connectivity index (χ0v) is 12.1. The number of nitrogens with two attached hydrogens (primary N) is 1. The number of hydrogen-bond acceptors (Lipinski definition) is 2. The van der Waals surface area contributed by atoms with E-state index >= 15 is 0 Å². The second-order valence-corrected chi connectivity index (χ2v) is 5.83. The molecule has 1 aliphatic carbocycles. The van der Waals surface area contributed by atoms with Crippen LogP contribution in [-0.2, 0) is 4.79 Å². The Kier molecular flexibility index (Phi) is 6.69. The van der Waals surface area contributed by atoms with E-state index in [-0.39, 0.29) is 11.3 Å². The molecule has 1 rings (SSSR count). The standard InChI is InChI=1S/C15H30N2O/c1-3-9-15(12-16,10-4-2)14(18)17-11-5-6-13-7-8-13/h13H,3-12,16H2,1-2H3,(H,17,18). The summed E-state index contributed by atoms with van der Waals surface area (Å²) in [6, 6.07) is 0. The molecule has 3 nitrogen and oxygen atoms in total. The van der Waals surface area contributed by atoms with Crippen LogP contribution in [0.15, 0.2) is 0 Å². The predicted molar refractivity (Wildman–Crippen MR) is 76.3 cm³/mol. The van der Waals surface area contributed by atoms with Crippen molar-refractivity contribution in [1.29, 1.82) is 0 Å². The third kappa shape index (κ3) is 4.60. The number of carbonyl (C=O) groups is 1. The van der Waals surface area contributed by atoms with Crippen LogP contribution in [-0.4, -0.2) is 19.0 Å². The Hall–Kier alpha value is -0.570. The number of hydrogen-bond donors (Lipinski definition) is 2. The molecule has 0 spiro atoms. The molecule has 0 radical (unpaired) electrons. The molecule has 1 fully saturated rings. The van der Waals surface area contributed by atoms with Crippen LogP contribution in [0.3, 0.4) is 0 Å². The summed E-state index contributed by atoms with van der Waals surface area (Å²) in [5.74, 6) is 1.14. The Morgan fingerprint density at radius 3 is 2.33 bits per heavy atom. The van der Waals surface area contributed by atoms with E-state index in [1.807, 2.05) is 0 Å². The average Bonchev–Trinajstić information content (AvgIpc) is 3.18. The van der Waals surface area contributed by atoms with Crippen LogP contribution < -0.4 is 11.1 Å². The van der Waals surface area contributed by atoms with E-state index in [4.69, 9.17) is 5.73 Å². The number of nitrogens with one attached hydrogen (secondary N) is 1. The SMILES string of the molecule is CCCC(CN)(CCC)C(=O)NCCCC1CC1. The highest BCUT2D eigenvalue weighted by Gasteiger charge is 2.34. The maximum Gasteiger partial charge on any atom is 0.227 e. The summed E-state index contributed by atoms with van der Waals surface area (Å²) in [6.07, 6.45) is 9.04. The highest BCUT2D eigenvalue weighted by molar-refractivity contribution is 5.82. The molecule has 3 heteroatoms. The van der Waals surface area contributed by atoms with E-state index in [1.165, 1.54) is 19.3 Å². The molecular weight excluding hydrogens is 224 g/mol. The summed E-state index contributed by atoms with van der Waals surface area (Å²) in [4.78, 5) is 12.3. The lowest BCUT2D eigenvalue weighted by molar-refractivity contribution is -0.131. The fraction of sp³-hybridized carbons (Fsp3) is 0.933. The van der Waals surface area contributed by atoms with E-state index in [2.05, 4.69) is 19.2 Å². The van der Waals surface area contributed by atoms with Gasteiger partial charge in [-0.15, -0.1) is 0 Å². The maximum absolute atomic E-state index is 12.3. The zero-order chi connectivity index (χ0) is 13.4. The van der Waals surface area contributed by atoms with Gasteiger partial charge in [-0.25, -0.2) is 0 Å². The van der Waals surface area contributed by atoms with E-state index < -0.39 is 0 Å². The molecule has 3 N–H and O–H groups in total. The maximum atomic E-state index is 12.3. The van der Waals surface area contributed by atoms with Crippen LogP contribution in [0, 0.1) is 11.3 Å². The Balaban J connectivity index is 2.35. The second-order valence-electron chi connectivity index (χ2n) is 5.83. The topological polar surface area (TPSA) is 55.1 Å². The molecule has 1 aliphatic rings. The van der Waals surface area contributed by atoms with Gasteiger partial charge in [0.1, 0.15) is 0 Å². The van der Waals surface area contributed by atoms with Crippen molar-refractivity contribution in [2.24, 2.45) is 17.1 Å². The van der Waals surface area contributed by atoms with Crippen molar-refractivity contribution in [1.82, 2.24) is 5.32 Å². The first-order valence-electron chi connectivity index (χ1n) is 7.67. The highest BCUT2D eigenvalue weighted by Crippen LogP contribution is 2.33. The van der Waals surface area contributed by atoms with Crippen molar-refractivity contribution in [3.8, 4) is 0 Å². The summed E-state index contributed by atoms with van der Waals surface area (Å²) in [5, 5.41) is 3.11. The minimum atomic E-state index is -0.316. The van der Waals surface area contributed by atoms with E-state index in [0.29, 0.717) is 6.54 Å². The molecule has 0 saturated heterocycles. The summed E-state index contributed by atoms with van der Waals surface area (Å²) >= 11 is 0. The van der Waals surface area contributed by atoms with Crippen molar-refractivity contribution < 1.29 is 4.79 Å². The first kappa shape index (κ1) is 15.5. The van der Waals surface area contributed by atoms with Crippen molar-refractivity contribution in [3.05, 3.63) is 0 Å². The quantitative estimate of drug-likeness (QED) is 0.589. The van der Waals surface area contributed by atoms with Crippen LogP contribution in [0.2, 0.25) is 0 Å². The molecule has 106 valence electrons. The molecule has 0 aromatic heterocycles. The van der Waals surface area contributed by atoms with E-state index in [9.17, 15) is 4.79 Å². The van der Waals surface area contributed by atoms with Gasteiger partial charge in [0.05, 0.1) is 5.41 Å². The lowest BCUT2D eigenvalue weighted by Crippen LogP contribution is -2.46. The Morgan fingerprint density at radius 1 is 1.28 bits per heavy atom. The van der Waals surface area contributed by atoms with Gasteiger partial charge in [-0.3, -0.25) is 4.79 Å². The molecule has 0 aliphatic heterocycles. The molecule has 0 aromatic rings. The fourth-order valence-electron chi connectivity index (χ4n) is 2.79. The van der Waals surface area contributed by atoms with E-state index in [1.54, 1.807) is 0 Å². The lowest BCUT2D eigenvalue weighted by atomic mass is 9.78. The Bertz CT molecular complexity index is 243. The molecule has 1 saturated carbocycles. The zero-order valence-electron chi connectivity index (χ0n) is 12.1. The molecule has 0 aromatic carbocycles. The number of rotatable bonds is 10. The number of carbonyl (C=O) groups excluding carboxylic acids is 1. The van der Waals surface area contributed by atoms with Gasteiger partial charge in [-0.2, -0.15) is 0 Å². The molecule has 0 heterocycles. The van der Waals surface area contributed by atoms with Gasteiger partial charge in [0.2, 0.25) is 5.91 Å². The van der Waals surface area contributed by atoms with Gasteiger partial charge in [0.25, 0.3) is 0 Å². The monoisotopic (exact) mass is 254 g/mol. The van der Waals surface area contributed by atoms with Crippen molar-refractivity contribution >= 4 is 5.91 Å². The van der Waals surface area contributed by atoms with Crippen LogP contribution in [0.25, 0.3) is 0 Å². The number of amides is 1. The summed E-state index contributed by atoms with van der Waals surface area (Å²) in [7, 11) is 0. The smallest absolute Gasteiger partial charge is 0.227 e. The predicted octanol–water partition coefficient (Wildman–Crippen LogP) is 2.84. The van der Waals surface area contributed by atoms with Gasteiger partial charge in [0, 0.05) is 13.1 Å². The van der Waals surface area contributed by atoms with Crippen LogP contribution in [0.4, 0.5) is 0 Å². The van der Waals surface area contributed by atoms with Crippen LogP contribution in [0.5, 0.6) is 0 Å². The highest BCUT2D eigenvalue weighted by atomic mass is 16.2. The summed E-state index contributed by atoms with van der Waals surface area (Å²) in [6.45, 7) is 5.55. The van der Waals surface area contributed by atoms with Gasteiger partial charge in [-0.1, -0.05) is 39.5 Å². The van der Waals surface area contributed by atoms with Crippen molar-refractivity contribution in [3.63, 3.8) is 0 Å². The molecule has 0 unspecified atom stereocenters. The third-order valence-corrected chi connectivity index (χ3v) is 4.10. The first-order chi connectivity index (χ1) is 8.68.